The first-order valence-corrected chi connectivity index (χ1v) is 3.91. The Hall–Kier alpha value is -1.97. The van der Waals surface area contributed by atoms with Crippen molar-refractivity contribution in [3.05, 3.63) is 42.6 Å². The van der Waals surface area contributed by atoms with E-state index in [1.54, 1.807) is 30.0 Å². The number of hydrogen-bond donors (Lipinski definition) is 1. The van der Waals surface area contributed by atoms with E-state index in [2.05, 4.69) is 10.5 Å². The molecule has 0 aromatic carbocycles. The van der Waals surface area contributed by atoms with Gasteiger partial charge in [-0.05, 0) is 18.2 Å². The standard InChI is InChI=1S/C9H9N3O/c1-3-9(13-8-1)4-7-12-10-5-2-6-11-12/h1-8,10H. The summed E-state index contributed by atoms with van der Waals surface area (Å²) in [6, 6.07) is 3.71. The van der Waals surface area contributed by atoms with E-state index in [9.17, 15) is 0 Å². The summed E-state index contributed by atoms with van der Waals surface area (Å²) in [7, 11) is 0. The Morgan fingerprint density at radius 1 is 1.54 bits per heavy atom. The summed E-state index contributed by atoms with van der Waals surface area (Å²) in [5, 5.41) is 5.60. The van der Waals surface area contributed by atoms with Crippen molar-refractivity contribution in [3.63, 3.8) is 0 Å². The second-order valence-electron chi connectivity index (χ2n) is 2.43. The van der Waals surface area contributed by atoms with E-state index >= 15 is 0 Å². The lowest BCUT2D eigenvalue weighted by atomic mass is 10.4. The van der Waals surface area contributed by atoms with Crippen molar-refractivity contribution in [2.45, 2.75) is 0 Å². The number of allylic oxidation sites excluding steroid dienone is 1. The zero-order chi connectivity index (χ0) is 8.93. The molecule has 13 heavy (non-hydrogen) atoms. The summed E-state index contributed by atoms with van der Waals surface area (Å²) in [6.07, 6.45) is 10.5. The lowest BCUT2D eigenvalue weighted by Crippen LogP contribution is -2.25. The largest absolute Gasteiger partial charge is 0.465 e. The minimum Gasteiger partial charge on any atom is -0.465 e. The number of furan rings is 1. The van der Waals surface area contributed by atoms with Crippen LogP contribution in [0.15, 0.2) is 46.4 Å². The Labute approximate surface area is 75.8 Å². The van der Waals surface area contributed by atoms with Crippen molar-refractivity contribution in [2.75, 3.05) is 0 Å². The molecule has 0 bridgehead atoms. The molecule has 2 heterocycles. The topological polar surface area (TPSA) is 40.8 Å². The van der Waals surface area contributed by atoms with Crippen LogP contribution in [0.4, 0.5) is 0 Å². The summed E-state index contributed by atoms with van der Waals surface area (Å²) < 4.78 is 5.11. The lowest BCUT2D eigenvalue weighted by Gasteiger charge is -2.14. The van der Waals surface area contributed by atoms with Gasteiger partial charge in [-0.2, -0.15) is 10.2 Å². The Balaban J connectivity index is 1.98. The molecular formula is C9H9N3O. The van der Waals surface area contributed by atoms with E-state index in [4.69, 9.17) is 4.42 Å². The number of rotatable bonds is 2. The van der Waals surface area contributed by atoms with Crippen molar-refractivity contribution < 1.29 is 4.42 Å². The Bertz CT molecular complexity index is 338. The zero-order valence-corrected chi connectivity index (χ0v) is 6.92. The number of nitrogens with zero attached hydrogens (tertiary/aromatic N) is 2. The molecule has 1 aromatic heterocycles. The molecule has 0 saturated heterocycles. The first kappa shape index (κ1) is 7.67. The van der Waals surface area contributed by atoms with Gasteiger partial charge in [0, 0.05) is 12.3 Å². The number of hydrazine groups is 1. The van der Waals surface area contributed by atoms with Gasteiger partial charge in [-0.15, -0.1) is 0 Å². The average Bonchev–Trinajstić information content (AvgIpc) is 2.69. The molecule has 1 aliphatic rings. The molecule has 4 heteroatoms. The van der Waals surface area contributed by atoms with Crippen LogP contribution in [-0.2, 0) is 0 Å². The van der Waals surface area contributed by atoms with E-state index in [1.807, 2.05) is 24.3 Å². The molecule has 0 fully saturated rings. The second-order valence-corrected chi connectivity index (χ2v) is 2.43. The molecule has 1 aliphatic heterocycles. The first-order valence-electron chi connectivity index (χ1n) is 3.91. The molecule has 0 radical (unpaired) electrons. The third-order valence-corrected chi connectivity index (χ3v) is 1.50. The van der Waals surface area contributed by atoms with Crippen molar-refractivity contribution in [1.29, 1.82) is 0 Å². The summed E-state index contributed by atoms with van der Waals surface area (Å²) in [6.45, 7) is 0. The predicted molar refractivity (Wildman–Crippen MR) is 50.3 cm³/mol. The summed E-state index contributed by atoms with van der Waals surface area (Å²) in [5.74, 6) is 0.798. The zero-order valence-electron chi connectivity index (χ0n) is 6.92. The van der Waals surface area contributed by atoms with Crippen LogP contribution in [0.3, 0.4) is 0 Å². The summed E-state index contributed by atoms with van der Waals surface area (Å²) >= 11 is 0. The second kappa shape index (κ2) is 3.62. The van der Waals surface area contributed by atoms with Gasteiger partial charge in [-0.25, -0.2) is 0 Å². The fourth-order valence-corrected chi connectivity index (χ4v) is 0.918. The third-order valence-electron chi connectivity index (χ3n) is 1.50. The average molecular weight is 175 g/mol. The van der Waals surface area contributed by atoms with Crippen LogP contribution in [0.5, 0.6) is 0 Å². The van der Waals surface area contributed by atoms with Crippen LogP contribution >= 0.6 is 0 Å². The maximum absolute atomic E-state index is 5.11. The van der Waals surface area contributed by atoms with Gasteiger partial charge in [0.2, 0.25) is 0 Å². The van der Waals surface area contributed by atoms with Gasteiger partial charge in [0.25, 0.3) is 0 Å². The highest BCUT2D eigenvalue weighted by Gasteiger charge is 1.93. The van der Waals surface area contributed by atoms with Crippen molar-refractivity contribution in [2.24, 2.45) is 5.10 Å². The molecule has 0 aliphatic carbocycles. The van der Waals surface area contributed by atoms with Gasteiger partial charge < -0.3 is 4.42 Å². The van der Waals surface area contributed by atoms with Crippen molar-refractivity contribution >= 4 is 12.3 Å². The fraction of sp³-hybridized carbons (Fsp3) is 0. The van der Waals surface area contributed by atoms with E-state index in [0.29, 0.717) is 0 Å². The molecule has 1 aromatic rings. The highest BCUT2D eigenvalue weighted by molar-refractivity contribution is 5.71. The van der Waals surface area contributed by atoms with E-state index in [0.717, 1.165) is 5.76 Å². The lowest BCUT2D eigenvalue weighted by molar-refractivity contribution is 0.334. The highest BCUT2D eigenvalue weighted by atomic mass is 16.3. The van der Waals surface area contributed by atoms with Gasteiger partial charge in [-0.1, -0.05) is 0 Å². The van der Waals surface area contributed by atoms with Gasteiger partial charge >= 0.3 is 0 Å². The molecule has 2 rings (SSSR count). The SMILES string of the molecule is C1=CNN(C=Cc2ccco2)N=C1. The molecule has 1 N–H and O–H groups in total. The van der Waals surface area contributed by atoms with Crippen LogP contribution in [0, 0.1) is 0 Å². The Morgan fingerprint density at radius 2 is 2.54 bits per heavy atom. The molecular weight excluding hydrogens is 166 g/mol. The molecule has 0 spiro atoms. The van der Waals surface area contributed by atoms with Gasteiger partial charge in [0.15, 0.2) is 0 Å². The maximum atomic E-state index is 5.11. The van der Waals surface area contributed by atoms with E-state index < -0.39 is 0 Å². The van der Waals surface area contributed by atoms with Crippen LogP contribution in [0.2, 0.25) is 0 Å². The Morgan fingerprint density at radius 3 is 3.23 bits per heavy atom. The fourth-order valence-electron chi connectivity index (χ4n) is 0.918. The molecule has 0 unspecified atom stereocenters. The number of hydrazone groups is 1. The van der Waals surface area contributed by atoms with Gasteiger partial charge in [-0.3, -0.25) is 5.43 Å². The predicted octanol–water partition coefficient (Wildman–Crippen LogP) is 1.57. The van der Waals surface area contributed by atoms with Crippen LogP contribution in [-0.4, -0.2) is 11.3 Å². The van der Waals surface area contributed by atoms with Crippen molar-refractivity contribution in [3.8, 4) is 0 Å². The number of hydrogen-bond acceptors (Lipinski definition) is 4. The maximum Gasteiger partial charge on any atom is 0.128 e. The van der Waals surface area contributed by atoms with Crippen LogP contribution < -0.4 is 5.43 Å². The van der Waals surface area contributed by atoms with E-state index in [-0.39, 0.29) is 0 Å². The monoisotopic (exact) mass is 175 g/mol. The third kappa shape index (κ3) is 1.99. The molecule has 4 nitrogen and oxygen atoms in total. The highest BCUT2D eigenvalue weighted by Crippen LogP contribution is 2.03. The Kier molecular flexibility index (Phi) is 2.14. The quantitative estimate of drug-likeness (QED) is 0.741. The van der Waals surface area contributed by atoms with Crippen molar-refractivity contribution in [1.82, 2.24) is 10.5 Å². The normalized spacial score (nSPS) is 15.2. The molecule has 0 saturated carbocycles. The summed E-state index contributed by atoms with van der Waals surface area (Å²) in [5.41, 5.74) is 2.91. The number of nitrogens with one attached hydrogen (secondary N) is 1. The first-order chi connectivity index (χ1) is 6.45. The molecule has 0 atom stereocenters. The smallest absolute Gasteiger partial charge is 0.128 e. The van der Waals surface area contributed by atoms with Crippen LogP contribution in [0.25, 0.3) is 6.08 Å². The molecule has 66 valence electrons. The summed E-state index contributed by atoms with van der Waals surface area (Å²) in [4.78, 5) is 0. The van der Waals surface area contributed by atoms with Gasteiger partial charge in [0.05, 0.1) is 18.7 Å². The molecule has 0 amide bonds. The van der Waals surface area contributed by atoms with E-state index in [1.165, 1.54) is 0 Å². The minimum atomic E-state index is 0.798. The van der Waals surface area contributed by atoms with Gasteiger partial charge in [0.1, 0.15) is 5.76 Å². The minimum absolute atomic E-state index is 0.798. The van der Waals surface area contributed by atoms with Crippen LogP contribution in [0.1, 0.15) is 5.76 Å².